The van der Waals surface area contributed by atoms with Crippen LogP contribution in [0.2, 0.25) is 0 Å². The number of likely N-dealkylation sites (tertiary alicyclic amines) is 1. The summed E-state index contributed by atoms with van der Waals surface area (Å²) in [6, 6.07) is -4.26. The van der Waals surface area contributed by atoms with Crippen molar-refractivity contribution in [3.63, 3.8) is 0 Å². The number of rotatable bonds is 13. The Morgan fingerprint density at radius 1 is 0.923 bits per heavy atom. The molecular weight excluding hydrogens is 666 g/mol. The van der Waals surface area contributed by atoms with E-state index in [0.29, 0.717) is 32.5 Å². The molecule has 0 radical (unpaired) electrons. The molecule has 52 heavy (non-hydrogen) atoms. The molecule has 4 aliphatic rings. The number of nitrogens with zero attached hydrogens (tertiary/aromatic N) is 3. The molecule has 0 aromatic carbocycles. The summed E-state index contributed by atoms with van der Waals surface area (Å²) in [7, 11) is 0. The molecule has 2 saturated carbocycles. The lowest BCUT2D eigenvalue weighted by Gasteiger charge is -2.40. The van der Waals surface area contributed by atoms with Gasteiger partial charge in [0.1, 0.15) is 23.8 Å². The van der Waals surface area contributed by atoms with Crippen LogP contribution >= 0.6 is 0 Å². The van der Waals surface area contributed by atoms with Gasteiger partial charge in [-0.05, 0) is 62.2 Å². The Kier molecular flexibility index (Phi) is 13.4. The van der Waals surface area contributed by atoms with Crippen LogP contribution in [0.3, 0.4) is 0 Å². The molecule has 1 aromatic heterocycles. The zero-order chi connectivity index (χ0) is 37.4. The maximum Gasteiger partial charge on any atom is 0.289 e. The Morgan fingerprint density at radius 3 is 2.31 bits per heavy atom. The minimum atomic E-state index is -1.04. The number of aromatic nitrogens is 2. The van der Waals surface area contributed by atoms with Crippen molar-refractivity contribution >= 4 is 35.3 Å². The molecule has 14 heteroatoms. The molecule has 2 saturated heterocycles. The van der Waals surface area contributed by atoms with Gasteiger partial charge in [-0.2, -0.15) is 0 Å². The molecule has 0 bridgehead atoms. The fraction of sp³-hybridized carbons (Fsp3) is 0.737. The first-order valence-corrected chi connectivity index (χ1v) is 19.3. The van der Waals surface area contributed by atoms with Crippen molar-refractivity contribution in [2.45, 2.75) is 147 Å². The number of hydrogen-bond acceptors (Lipinski definition) is 9. The smallest absolute Gasteiger partial charge is 0.289 e. The van der Waals surface area contributed by atoms with E-state index in [-0.39, 0.29) is 41.9 Å². The quantitative estimate of drug-likeness (QED) is 0.222. The van der Waals surface area contributed by atoms with E-state index < -0.39 is 59.0 Å². The van der Waals surface area contributed by atoms with E-state index in [1.54, 1.807) is 4.90 Å². The van der Waals surface area contributed by atoms with Crippen LogP contribution in [0.25, 0.3) is 0 Å². The van der Waals surface area contributed by atoms with Crippen LogP contribution in [-0.2, 0) is 28.7 Å². The molecule has 2 aliphatic heterocycles. The van der Waals surface area contributed by atoms with Crippen LogP contribution < -0.4 is 21.3 Å². The molecule has 7 atom stereocenters. The second kappa shape index (κ2) is 17.7. The van der Waals surface area contributed by atoms with Crippen LogP contribution in [0.1, 0.15) is 122 Å². The molecule has 4 fully saturated rings. The summed E-state index contributed by atoms with van der Waals surface area (Å²) in [5, 5.41) is 11.5. The molecule has 5 amide bonds. The monoisotopic (exact) mass is 723 g/mol. The Labute approximate surface area is 306 Å². The average Bonchev–Trinajstić information content (AvgIpc) is 3.80. The second-order valence-electron chi connectivity index (χ2n) is 16.1. The highest BCUT2D eigenvalue weighted by atomic mass is 16.5. The third-order valence-electron chi connectivity index (χ3n) is 11.2. The fourth-order valence-corrected chi connectivity index (χ4v) is 8.43. The SMILES string of the molecule is CCC[C@H](NC(=O)[C@@H]1C[C@@H]2CCCC[C@@H]2N1C(=O)[C@@H](NC(=O)[C@@H](NC(=O)c1cnccn1)C1CCCCC1)C(C)(C)C)C(=O)C(=O)N[C@@H]1CCOC1. The highest BCUT2D eigenvalue weighted by molar-refractivity contribution is 6.38. The molecule has 3 heterocycles. The number of ketones is 1. The van der Waals surface area contributed by atoms with Crippen molar-refractivity contribution in [2.75, 3.05) is 13.2 Å². The molecule has 4 N–H and O–H groups in total. The summed E-state index contributed by atoms with van der Waals surface area (Å²) in [6.45, 7) is 8.34. The lowest BCUT2D eigenvalue weighted by atomic mass is 9.81. The maximum atomic E-state index is 14.9. The number of hydrogen-bond donors (Lipinski definition) is 4. The van der Waals surface area contributed by atoms with Crippen LogP contribution in [0.4, 0.5) is 0 Å². The summed E-state index contributed by atoms with van der Waals surface area (Å²) in [5.74, 6) is -3.30. The third-order valence-corrected chi connectivity index (χ3v) is 11.2. The van der Waals surface area contributed by atoms with E-state index in [0.717, 1.165) is 57.8 Å². The van der Waals surface area contributed by atoms with E-state index >= 15 is 0 Å². The fourth-order valence-electron chi connectivity index (χ4n) is 8.43. The van der Waals surface area contributed by atoms with Gasteiger partial charge in [-0.1, -0.05) is 66.2 Å². The largest absolute Gasteiger partial charge is 0.379 e. The Bertz CT molecular complexity index is 1440. The van der Waals surface area contributed by atoms with Crippen LogP contribution in [0.5, 0.6) is 0 Å². The van der Waals surface area contributed by atoms with Gasteiger partial charge in [0.15, 0.2) is 0 Å². The second-order valence-corrected chi connectivity index (χ2v) is 16.1. The van der Waals surface area contributed by atoms with Gasteiger partial charge in [0.2, 0.25) is 23.5 Å². The third kappa shape index (κ3) is 9.53. The Morgan fingerprint density at radius 2 is 1.65 bits per heavy atom. The maximum absolute atomic E-state index is 14.9. The van der Waals surface area contributed by atoms with Gasteiger partial charge in [0.25, 0.3) is 11.8 Å². The van der Waals surface area contributed by atoms with Gasteiger partial charge in [0, 0.05) is 25.0 Å². The highest BCUT2D eigenvalue weighted by Gasteiger charge is 2.51. The lowest BCUT2D eigenvalue weighted by Crippen LogP contribution is -2.63. The van der Waals surface area contributed by atoms with Gasteiger partial charge < -0.3 is 30.9 Å². The first kappa shape index (κ1) is 39.3. The number of amides is 5. The summed E-state index contributed by atoms with van der Waals surface area (Å²) in [6.07, 6.45) is 14.1. The van der Waals surface area contributed by atoms with Crippen LogP contribution in [0.15, 0.2) is 18.6 Å². The van der Waals surface area contributed by atoms with Gasteiger partial charge in [0.05, 0.1) is 24.9 Å². The minimum Gasteiger partial charge on any atom is -0.379 e. The molecular formula is C38H57N7O7. The topological polar surface area (TPSA) is 189 Å². The first-order valence-electron chi connectivity index (χ1n) is 19.3. The van der Waals surface area contributed by atoms with E-state index in [9.17, 15) is 28.8 Å². The van der Waals surface area contributed by atoms with Gasteiger partial charge in [-0.25, -0.2) is 4.98 Å². The van der Waals surface area contributed by atoms with Gasteiger partial charge in [-0.3, -0.25) is 33.8 Å². The minimum absolute atomic E-state index is 0.0945. The Balaban J connectivity index is 1.37. The summed E-state index contributed by atoms with van der Waals surface area (Å²) < 4.78 is 5.32. The molecule has 14 nitrogen and oxygen atoms in total. The van der Waals surface area contributed by atoms with Crippen molar-refractivity contribution in [2.24, 2.45) is 17.3 Å². The van der Waals surface area contributed by atoms with Crippen molar-refractivity contribution in [3.05, 3.63) is 24.3 Å². The van der Waals surface area contributed by atoms with Gasteiger partial charge >= 0.3 is 0 Å². The van der Waals surface area contributed by atoms with Crippen LogP contribution in [0, 0.1) is 17.3 Å². The molecule has 5 rings (SSSR count). The predicted molar refractivity (Wildman–Crippen MR) is 191 cm³/mol. The van der Waals surface area contributed by atoms with Gasteiger partial charge in [-0.15, -0.1) is 0 Å². The van der Waals surface area contributed by atoms with E-state index in [1.807, 2.05) is 27.7 Å². The zero-order valence-electron chi connectivity index (χ0n) is 31.2. The van der Waals surface area contributed by atoms with E-state index in [1.165, 1.54) is 18.6 Å². The number of ether oxygens (including phenoxy) is 1. The summed E-state index contributed by atoms with van der Waals surface area (Å²) >= 11 is 0. The van der Waals surface area contributed by atoms with E-state index in [2.05, 4.69) is 31.2 Å². The number of fused-ring (bicyclic) bond motifs is 1. The summed E-state index contributed by atoms with van der Waals surface area (Å²) in [4.78, 5) is 92.5. The average molecular weight is 724 g/mol. The van der Waals surface area contributed by atoms with Crippen molar-refractivity contribution in [1.82, 2.24) is 36.1 Å². The number of Topliss-reactive ketones (excluding diaryl/α,β-unsaturated/α-hetero) is 1. The molecule has 1 aromatic rings. The lowest BCUT2D eigenvalue weighted by molar-refractivity contribution is -0.147. The van der Waals surface area contributed by atoms with Crippen molar-refractivity contribution in [3.8, 4) is 0 Å². The predicted octanol–water partition coefficient (Wildman–Crippen LogP) is 2.61. The number of nitrogens with one attached hydrogen (secondary N) is 4. The van der Waals surface area contributed by atoms with E-state index in [4.69, 9.17) is 4.74 Å². The standard InChI is InChI=1S/C38H57N7O7/c1-5-11-26(31(46)36(50)41-25-16-19-52-22-25)42-34(48)29-20-24-14-9-10-15-28(24)45(29)37(51)32(38(2,3)4)44-35(49)30(23-12-7-6-8-13-23)43-33(47)27-21-39-17-18-40-27/h17-18,21,23-26,28-30,32H,5-16,19-20,22H2,1-4H3,(H,41,50)(H,42,48)(H,43,47)(H,44,49)/t24-,25+,26-,28-,29-,30-,32+/m0/s1. The summed E-state index contributed by atoms with van der Waals surface area (Å²) in [5.41, 5.74) is -0.659. The zero-order valence-corrected chi connectivity index (χ0v) is 31.2. The number of carbonyl (C=O) groups is 6. The molecule has 286 valence electrons. The Hall–Kier alpha value is -3.94. The molecule has 0 spiro atoms. The molecule has 2 aliphatic carbocycles. The number of carbonyl (C=O) groups excluding carboxylic acids is 6. The first-order chi connectivity index (χ1) is 24.9. The highest BCUT2D eigenvalue weighted by Crippen LogP contribution is 2.41. The molecule has 0 unspecified atom stereocenters. The normalized spacial score (nSPS) is 25.3. The van der Waals surface area contributed by atoms with Crippen LogP contribution in [-0.4, -0.2) is 99.7 Å². The van der Waals surface area contributed by atoms with Crippen molar-refractivity contribution < 1.29 is 33.5 Å². The van der Waals surface area contributed by atoms with Crippen molar-refractivity contribution in [1.29, 1.82) is 0 Å².